The molecule has 0 bridgehead atoms. The molecule has 0 aliphatic carbocycles. The summed E-state index contributed by atoms with van der Waals surface area (Å²) in [5.74, 6) is 1.97. The first-order valence-corrected chi connectivity index (χ1v) is 8.13. The van der Waals surface area contributed by atoms with Crippen molar-refractivity contribution in [2.24, 2.45) is 4.99 Å². The number of hydrogen-bond donors (Lipinski definition) is 2. The van der Waals surface area contributed by atoms with Gasteiger partial charge in [0, 0.05) is 24.6 Å². The highest BCUT2D eigenvalue weighted by atomic mass is 127. The maximum atomic E-state index is 5.41. The Kier molecular flexibility index (Phi) is 9.43. The normalized spacial score (nSPS) is 11.4. The van der Waals surface area contributed by atoms with Gasteiger partial charge in [-0.05, 0) is 19.8 Å². The van der Waals surface area contributed by atoms with Crippen molar-refractivity contribution in [3.8, 4) is 0 Å². The molecule has 7 nitrogen and oxygen atoms in total. The molecule has 0 atom stereocenters. The molecule has 134 valence electrons. The van der Waals surface area contributed by atoms with E-state index in [1.165, 1.54) is 0 Å². The summed E-state index contributed by atoms with van der Waals surface area (Å²) in [7, 11) is 0. The third kappa shape index (κ3) is 6.14. The van der Waals surface area contributed by atoms with Gasteiger partial charge >= 0.3 is 0 Å². The minimum Gasteiger partial charge on any atom is -0.364 e. The lowest BCUT2D eigenvalue weighted by Crippen LogP contribution is -2.36. The van der Waals surface area contributed by atoms with Crippen LogP contribution >= 0.6 is 24.0 Å². The molecule has 8 heteroatoms. The summed E-state index contributed by atoms with van der Waals surface area (Å²) < 4.78 is 10.2. The van der Waals surface area contributed by atoms with Gasteiger partial charge in [-0.25, -0.2) is 4.99 Å². The van der Waals surface area contributed by atoms with Gasteiger partial charge in [-0.15, -0.1) is 24.0 Å². The first-order chi connectivity index (χ1) is 11.3. The van der Waals surface area contributed by atoms with E-state index in [0.717, 1.165) is 36.5 Å². The van der Waals surface area contributed by atoms with Crippen LogP contribution < -0.4 is 10.6 Å². The van der Waals surface area contributed by atoms with Crippen molar-refractivity contribution < 1.29 is 9.05 Å². The summed E-state index contributed by atoms with van der Waals surface area (Å²) in [5.41, 5.74) is 1.81. The van der Waals surface area contributed by atoms with Crippen LogP contribution in [0.15, 0.2) is 32.4 Å². The number of guanidine groups is 1. The van der Waals surface area contributed by atoms with E-state index < -0.39 is 0 Å². The van der Waals surface area contributed by atoms with Crippen LogP contribution in [0.25, 0.3) is 0 Å². The number of aromatic nitrogens is 2. The molecular weight excluding hydrogens is 421 g/mol. The molecule has 0 aliphatic rings. The fourth-order valence-corrected chi connectivity index (χ4v) is 2.30. The maximum absolute atomic E-state index is 5.41. The van der Waals surface area contributed by atoms with Crippen molar-refractivity contribution in [3.05, 3.63) is 35.5 Å². The predicted octanol–water partition coefficient (Wildman–Crippen LogP) is 3.44. The number of nitrogens with zero attached hydrogens (tertiary/aromatic N) is 3. The van der Waals surface area contributed by atoms with Gasteiger partial charge in [-0.3, -0.25) is 0 Å². The highest BCUT2D eigenvalue weighted by Gasteiger charge is 2.13. The second-order valence-electron chi connectivity index (χ2n) is 5.27. The number of rotatable bonds is 8. The van der Waals surface area contributed by atoms with E-state index >= 15 is 0 Å². The van der Waals surface area contributed by atoms with Crippen LogP contribution in [-0.4, -0.2) is 22.8 Å². The Labute approximate surface area is 159 Å². The molecule has 0 saturated carbocycles. The highest BCUT2D eigenvalue weighted by Crippen LogP contribution is 2.22. The Morgan fingerprint density at radius 2 is 2.00 bits per heavy atom. The molecule has 2 aromatic heterocycles. The van der Waals surface area contributed by atoms with E-state index in [9.17, 15) is 0 Å². The largest absolute Gasteiger partial charge is 0.364 e. The van der Waals surface area contributed by atoms with E-state index in [-0.39, 0.29) is 24.0 Å². The molecule has 0 saturated heterocycles. The molecule has 2 heterocycles. The van der Waals surface area contributed by atoms with Crippen LogP contribution in [0.4, 0.5) is 0 Å². The quantitative estimate of drug-likeness (QED) is 0.366. The van der Waals surface area contributed by atoms with Crippen molar-refractivity contribution in [1.82, 2.24) is 20.9 Å². The SMILES string of the molecule is CCNC(=NCc1ccon1)NCc1cc(C(CC)CC)no1.I. The Hall–Kier alpha value is -1.58. The summed E-state index contributed by atoms with van der Waals surface area (Å²) in [5, 5.41) is 14.4. The second-order valence-corrected chi connectivity index (χ2v) is 5.27. The lowest BCUT2D eigenvalue weighted by Gasteiger charge is -2.09. The van der Waals surface area contributed by atoms with Gasteiger partial charge in [0.2, 0.25) is 0 Å². The third-order valence-electron chi connectivity index (χ3n) is 3.65. The van der Waals surface area contributed by atoms with Crippen LogP contribution in [0.3, 0.4) is 0 Å². The molecule has 2 rings (SSSR count). The van der Waals surface area contributed by atoms with Crippen molar-refractivity contribution in [2.75, 3.05) is 6.54 Å². The molecule has 0 unspecified atom stereocenters. The Bertz CT molecular complexity index is 593. The molecular formula is C16H26IN5O2. The van der Waals surface area contributed by atoms with Gasteiger partial charge < -0.3 is 19.7 Å². The van der Waals surface area contributed by atoms with E-state index in [0.29, 0.717) is 25.0 Å². The number of aliphatic imine (C=N–C) groups is 1. The number of nitrogens with one attached hydrogen (secondary N) is 2. The molecule has 0 radical (unpaired) electrons. The highest BCUT2D eigenvalue weighted by molar-refractivity contribution is 14.0. The van der Waals surface area contributed by atoms with Gasteiger partial charge in [0.1, 0.15) is 12.0 Å². The van der Waals surface area contributed by atoms with Gasteiger partial charge in [-0.1, -0.05) is 24.2 Å². The molecule has 0 aliphatic heterocycles. The van der Waals surface area contributed by atoms with Crippen LogP contribution in [-0.2, 0) is 13.1 Å². The van der Waals surface area contributed by atoms with E-state index in [2.05, 4.69) is 39.8 Å². The first kappa shape index (κ1) is 20.5. The van der Waals surface area contributed by atoms with Crippen LogP contribution in [0.5, 0.6) is 0 Å². The van der Waals surface area contributed by atoms with Gasteiger partial charge in [0.25, 0.3) is 0 Å². The Morgan fingerprint density at radius 1 is 1.21 bits per heavy atom. The first-order valence-electron chi connectivity index (χ1n) is 8.13. The molecule has 0 fully saturated rings. The zero-order chi connectivity index (χ0) is 16.5. The van der Waals surface area contributed by atoms with Crippen LogP contribution in [0, 0.1) is 0 Å². The average Bonchev–Trinajstić information content (AvgIpc) is 3.23. The zero-order valence-corrected chi connectivity index (χ0v) is 16.7. The molecule has 2 N–H and O–H groups in total. The fourth-order valence-electron chi connectivity index (χ4n) is 2.30. The summed E-state index contributed by atoms with van der Waals surface area (Å²) in [6.45, 7) is 8.13. The van der Waals surface area contributed by atoms with Gasteiger partial charge in [0.05, 0.1) is 18.8 Å². The van der Waals surface area contributed by atoms with Gasteiger partial charge in [-0.2, -0.15) is 0 Å². The standard InChI is InChI=1S/C16H25N5O2.HI/c1-4-12(5-2)15-9-14(23-21-15)11-19-16(17-6-3)18-10-13-7-8-22-20-13;/h7-9,12H,4-6,10-11H2,1-3H3,(H2,17,18,19);1H. The summed E-state index contributed by atoms with van der Waals surface area (Å²) in [4.78, 5) is 4.46. The third-order valence-corrected chi connectivity index (χ3v) is 3.65. The lowest BCUT2D eigenvalue weighted by atomic mass is 9.99. The lowest BCUT2D eigenvalue weighted by molar-refractivity contribution is 0.368. The molecule has 0 aromatic carbocycles. The number of hydrogen-bond acceptors (Lipinski definition) is 5. The minimum absolute atomic E-state index is 0. The molecule has 0 spiro atoms. The molecule has 2 aromatic rings. The monoisotopic (exact) mass is 447 g/mol. The summed E-state index contributed by atoms with van der Waals surface area (Å²) >= 11 is 0. The molecule has 24 heavy (non-hydrogen) atoms. The smallest absolute Gasteiger partial charge is 0.192 e. The topological polar surface area (TPSA) is 88.5 Å². The predicted molar refractivity (Wildman–Crippen MR) is 103 cm³/mol. The van der Waals surface area contributed by atoms with Crippen molar-refractivity contribution in [1.29, 1.82) is 0 Å². The Balaban J connectivity index is 0.00000288. The van der Waals surface area contributed by atoms with Crippen LogP contribution in [0.2, 0.25) is 0 Å². The van der Waals surface area contributed by atoms with E-state index in [1.54, 1.807) is 12.3 Å². The second kappa shape index (κ2) is 11.1. The summed E-state index contributed by atoms with van der Waals surface area (Å²) in [6, 6.07) is 3.82. The van der Waals surface area contributed by atoms with E-state index in [1.807, 2.05) is 13.0 Å². The van der Waals surface area contributed by atoms with Crippen molar-refractivity contribution in [3.63, 3.8) is 0 Å². The molecule has 0 amide bonds. The average molecular weight is 447 g/mol. The van der Waals surface area contributed by atoms with Crippen LogP contribution in [0.1, 0.15) is 56.7 Å². The maximum Gasteiger partial charge on any atom is 0.192 e. The number of halogens is 1. The minimum atomic E-state index is 0. The zero-order valence-electron chi connectivity index (χ0n) is 14.4. The van der Waals surface area contributed by atoms with Crippen molar-refractivity contribution >= 4 is 29.9 Å². The van der Waals surface area contributed by atoms with Crippen molar-refractivity contribution in [2.45, 2.75) is 52.6 Å². The summed E-state index contributed by atoms with van der Waals surface area (Å²) in [6.07, 6.45) is 3.68. The van der Waals surface area contributed by atoms with E-state index in [4.69, 9.17) is 9.05 Å². The fraction of sp³-hybridized carbons (Fsp3) is 0.562. The van der Waals surface area contributed by atoms with Gasteiger partial charge in [0.15, 0.2) is 11.7 Å². The Morgan fingerprint density at radius 3 is 2.62 bits per heavy atom.